The largest absolute Gasteiger partial charge is 0.481 e. The number of carboxylic acids is 1. The molecule has 0 amide bonds. The van der Waals surface area contributed by atoms with E-state index in [-0.39, 0.29) is 17.7 Å². The third-order valence-corrected chi connectivity index (χ3v) is 6.58. The molecule has 1 saturated heterocycles. The summed E-state index contributed by atoms with van der Waals surface area (Å²) in [5.41, 5.74) is 2.61. The lowest BCUT2D eigenvalue weighted by Crippen LogP contribution is -2.45. The van der Waals surface area contributed by atoms with E-state index >= 15 is 0 Å². The van der Waals surface area contributed by atoms with E-state index in [1.54, 1.807) is 0 Å². The number of hydrogen-bond donors (Lipinski definition) is 1. The normalized spacial score (nSPS) is 18.8. The van der Waals surface area contributed by atoms with E-state index in [9.17, 15) is 20.0 Å². The van der Waals surface area contributed by atoms with Crippen molar-refractivity contribution < 1.29 is 19.6 Å². The number of nitrogens with zero attached hydrogens (tertiary/aromatic N) is 2. The van der Waals surface area contributed by atoms with Crippen molar-refractivity contribution in [2.45, 2.75) is 31.5 Å². The third-order valence-electron chi connectivity index (χ3n) is 6.21. The maximum Gasteiger partial charge on any atom is 0.308 e. The Labute approximate surface area is 179 Å². The standard InChI is InChI=1S/C22H23ClN2O5/c23-20-6-5-18(25(28)29)12-16(20)11-17(21(26)27)13-24-9-7-22(8-10-24)19-4-2-1-3-15(19)14-30-22/h1-6,12,17H,7-11,13-14H2,(H,26,27). The first-order chi connectivity index (χ1) is 14.4. The zero-order valence-electron chi connectivity index (χ0n) is 16.4. The van der Waals surface area contributed by atoms with Crippen LogP contribution in [-0.4, -0.2) is 40.5 Å². The summed E-state index contributed by atoms with van der Waals surface area (Å²) in [6.07, 6.45) is 1.78. The molecule has 1 atom stereocenters. The lowest BCUT2D eigenvalue weighted by Gasteiger charge is -2.40. The summed E-state index contributed by atoms with van der Waals surface area (Å²) in [7, 11) is 0. The number of carboxylic acid groups (broad SMARTS) is 1. The minimum Gasteiger partial charge on any atom is -0.481 e. The van der Waals surface area contributed by atoms with Crippen molar-refractivity contribution in [1.29, 1.82) is 0 Å². The number of piperidine rings is 1. The Bertz CT molecular complexity index is 972. The minimum atomic E-state index is -0.930. The summed E-state index contributed by atoms with van der Waals surface area (Å²) in [4.78, 5) is 24.6. The maximum atomic E-state index is 11.9. The number of non-ortho nitro benzene ring substituents is 1. The van der Waals surface area contributed by atoms with Crippen LogP contribution in [0.5, 0.6) is 0 Å². The molecule has 1 spiro atoms. The van der Waals surface area contributed by atoms with Gasteiger partial charge in [-0.05, 0) is 42.0 Å². The van der Waals surface area contributed by atoms with E-state index in [4.69, 9.17) is 16.3 Å². The Hall–Kier alpha value is -2.48. The molecule has 7 nitrogen and oxygen atoms in total. The molecule has 0 aliphatic carbocycles. The van der Waals surface area contributed by atoms with Gasteiger partial charge in [-0.1, -0.05) is 35.9 Å². The van der Waals surface area contributed by atoms with Gasteiger partial charge in [0, 0.05) is 36.8 Å². The van der Waals surface area contributed by atoms with Crippen LogP contribution in [0.2, 0.25) is 5.02 Å². The Morgan fingerprint density at radius 1 is 1.27 bits per heavy atom. The predicted octanol–water partition coefficient (Wildman–Crippen LogP) is 4.01. The first-order valence-electron chi connectivity index (χ1n) is 9.98. The summed E-state index contributed by atoms with van der Waals surface area (Å²) >= 11 is 6.18. The molecule has 2 aromatic carbocycles. The Morgan fingerprint density at radius 3 is 2.70 bits per heavy atom. The van der Waals surface area contributed by atoms with Gasteiger partial charge in [-0.15, -0.1) is 0 Å². The predicted molar refractivity (Wildman–Crippen MR) is 112 cm³/mol. The van der Waals surface area contributed by atoms with Crippen LogP contribution < -0.4 is 0 Å². The molecule has 158 valence electrons. The number of ether oxygens (including phenoxy) is 1. The minimum absolute atomic E-state index is 0.0875. The van der Waals surface area contributed by atoms with E-state index in [2.05, 4.69) is 17.0 Å². The molecule has 2 aromatic rings. The van der Waals surface area contributed by atoms with Gasteiger partial charge in [-0.25, -0.2) is 0 Å². The lowest BCUT2D eigenvalue weighted by atomic mass is 9.83. The molecule has 1 unspecified atom stereocenters. The van der Waals surface area contributed by atoms with Crippen molar-refractivity contribution in [3.8, 4) is 0 Å². The van der Waals surface area contributed by atoms with Gasteiger partial charge in [-0.2, -0.15) is 0 Å². The Kier molecular flexibility index (Phi) is 5.77. The van der Waals surface area contributed by atoms with Crippen LogP contribution in [0.3, 0.4) is 0 Å². The summed E-state index contributed by atoms with van der Waals surface area (Å²) < 4.78 is 6.18. The van der Waals surface area contributed by atoms with Gasteiger partial charge in [0.05, 0.1) is 23.0 Å². The zero-order valence-corrected chi connectivity index (χ0v) is 17.2. The van der Waals surface area contributed by atoms with Crippen molar-refractivity contribution in [3.05, 3.63) is 74.3 Å². The molecule has 0 aromatic heterocycles. The van der Waals surface area contributed by atoms with Crippen LogP contribution in [-0.2, 0) is 28.2 Å². The average molecular weight is 431 g/mol. The van der Waals surface area contributed by atoms with Gasteiger partial charge < -0.3 is 14.7 Å². The Balaban J connectivity index is 1.43. The highest BCUT2D eigenvalue weighted by Crippen LogP contribution is 2.44. The number of carbonyl (C=O) groups is 1. The van der Waals surface area contributed by atoms with E-state index < -0.39 is 16.8 Å². The number of hydrogen-bond acceptors (Lipinski definition) is 5. The number of nitro groups is 1. The zero-order chi connectivity index (χ0) is 21.3. The summed E-state index contributed by atoms with van der Waals surface area (Å²) in [5.74, 6) is -1.63. The monoisotopic (exact) mass is 430 g/mol. The number of nitro benzene ring substituents is 1. The number of fused-ring (bicyclic) bond motifs is 2. The summed E-state index contributed by atoms with van der Waals surface area (Å²) in [6.45, 7) is 2.47. The average Bonchev–Trinajstić information content (AvgIpc) is 3.09. The van der Waals surface area contributed by atoms with Crippen LogP contribution in [0, 0.1) is 16.0 Å². The highest BCUT2D eigenvalue weighted by atomic mass is 35.5. The smallest absolute Gasteiger partial charge is 0.308 e. The second-order valence-electron chi connectivity index (χ2n) is 8.01. The van der Waals surface area contributed by atoms with Gasteiger partial charge in [-0.3, -0.25) is 14.9 Å². The van der Waals surface area contributed by atoms with Gasteiger partial charge >= 0.3 is 5.97 Å². The molecule has 0 radical (unpaired) electrons. The molecule has 1 fully saturated rings. The van der Waals surface area contributed by atoms with Gasteiger partial charge in [0.2, 0.25) is 0 Å². The SMILES string of the molecule is O=C(O)C(Cc1cc([N+](=O)[O-])ccc1Cl)CN1CCC2(CC1)OCc1ccccc12. The molecule has 30 heavy (non-hydrogen) atoms. The van der Waals surface area contributed by atoms with Gasteiger partial charge in [0.25, 0.3) is 5.69 Å². The molecule has 2 aliphatic rings. The number of rotatable bonds is 6. The van der Waals surface area contributed by atoms with Crippen LogP contribution in [0.4, 0.5) is 5.69 Å². The molecular weight excluding hydrogens is 408 g/mol. The van der Waals surface area contributed by atoms with E-state index in [0.717, 1.165) is 25.9 Å². The summed E-state index contributed by atoms with van der Waals surface area (Å²) in [5, 5.41) is 21.1. The molecule has 8 heteroatoms. The molecule has 4 rings (SSSR count). The number of aliphatic carboxylic acids is 1. The fourth-order valence-electron chi connectivity index (χ4n) is 4.53. The summed E-state index contributed by atoms with van der Waals surface area (Å²) in [6, 6.07) is 12.4. The number of halogens is 1. The van der Waals surface area contributed by atoms with Gasteiger partial charge in [0.15, 0.2) is 0 Å². The second kappa shape index (κ2) is 8.34. The van der Waals surface area contributed by atoms with E-state index in [1.807, 2.05) is 12.1 Å². The molecule has 2 aliphatic heterocycles. The van der Waals surface area contributed by atoms with Crippen molar-refractivity contribution >= 4 is 23.3 Å². The van der Waals surface area contributed by atoms with Crippen molar-refractivity contribution in [3.63, 3.8) is 0 Å². The third kappa shape index (κ3) is 4.05. The molecule has 1 N–H and O–H groups in total. The maximum absolute atomic E-state index is 11.9. The second-order valence-corrected chi connectivity index (χ2v) is 8.42. The molecular formula is C22H23ClN2O5. The van der Waals surface area contributed by atoms with E-state index in [1.165, 1.54) is 29.3 Å². The van der Waals surface area contributed by atoms with Crippen LogP contribution in [0.25, 0.3) is 0 Å². The van der Waals surface area contributed by atoms with Crippen LogP contribution in [0.1, 0.15) is 29.5 Å². The lowest BCUT2D eigenvalue weighted by molar-refractivity contribution is -0.384. The van der Waals surface area contributed by atoms with Crippen molar-refractivity contribution in [2.75, 3.05) is 19.6 Å². The molecule has 2 heterocycles. The fourth-order valence-corrected chi connectivity index (χ4v) is 4.73. The highest BCUT2D eigenvalue weighted by molar-refractivity contribution is 6.31. The topological polar surface area (TPSA) is 92.9 Å². The quantitative estimate of drug-likeness (QED) is 0.549. The number of likely N-dealkylation sites (tertiary alicyclic amines) is 1. The first-order valence-corrected chi connectivity index (χ1v) is 10.4. The fraction of sp³-hybridized carbons (Fsp3) is 0.409. The van der Waals surface area contributed by atoms with Crippen LogP contribution in [0.15, 0.2) is 42.5 Å². The highest BCUT2D eigenvalue weighted by Gasteiger charge is 2.42. The molecule has 0 saturated carbocycles. The van der Waals surface area contributed by atoms with E-state index in [0.29, 0.717) is 23.7 Å². The first kappa shape index (κ1) is 20.8. The van der Waals surface area contributed by atoms with Gasteiger partial charge in [0.1, 0.15) is 0 Å². The van der Waals surface area contributed by atoms with Crippen molar-refractivity contribution in [1.82, 2.24) is 4.90 Å². The van der Waals surface area contributed by atoms with Crippen molar-refractivity contribution in [2.24, 2.45) is 5.92 Å². The molecule has 0 bridgehead atoms. The number of benzene rings is 2. The Morgan fingerprint density at radius 2 is 2.00 bits per heavy atom. The van der Waals surface area contributed by atoms with Crippen LogP contribution >= 0.6 is 11.6 Å².